The summed E-state index contributed by atoms with van der Waals surface area (Å²) in [7, 11) is -1.94. The zero-order chi connectivity index (χ0) is 40.0. The first kappa shape index (κ1) is 36.8. The molecule has 60 heavy (non-hydrogen) atoms. The number of nitrogens with zero attached hydrogens (tertiary/aromatic N) is 1. The lowest BCUT2D eigenvalue weighted by molar-refractivity contribution is 1.22. The fraction of sp³-hybridized carbons (Fsp3) is 0.0182. The fourth-order valence-electron chi connectivity index (χ4n) is 9.27. The van der Waals surface area contributed by atoms with E-state index in [4.69, 9.17) is 0 Å². The van der Waals surface area contributed by atoms with E-state index in [-0.39, 0.29) is 6.71 Å². The van der Waals surface area contributed by atoms with Crippen LogP contribution in [0.15, 0.2) is 238 Å². The van der Waals surface area contributed by atoms with Crippen molar-refractivity contribution < 1.29 is 0 Å². The Hall–Kier alpha value is -6.24. The van der Waals surface area contributed by atoms with Crippen molar-refractivity contribution in [3.05, 3.63) is 224 Å². The minimum Gasteiger partial charge on any atom is -0.309 e. The van der Waals surface area contributed by atoms with Gasteiger partial charge in [-0.25, -0.2) is 0 Å². The molecular formula is C55H40BNS2Si. The number of fused-ring (bicyclic) bond motifs is 4. The standard InChI is InChI=1S/C55H40BNS2Si/c1-38-19-14-15-29-47(38)57(48-30-16-17-32-53(48)60(43-24-10-4-11-25-43)44-26-12-5-13-27-44)49-31-18-28-46-55(49)59-52-37-42(40-22-8-3-9-23-40)36-51-54(52)56(46)45-34-33-41(35-50(45)58-51)39-20-6-2-7-21-39/h2-37,60H,1H3. The Morgan fingerprint density at radius 3 is 1.60 bits per heavy atom. The van der Waals surface area contributed by atoms with Crippen molar-refractivity contribution in [1.82, 2.24) is 0 Å². The van der Waals surface area contributed by atoms with Gasteiger partial charge in [0.05, 0.1) is 5.69 Å². The molecule has 11 rings (SSSR count). The summed E-state index contributed by atoms with van der Waals surface area (Å²) in [5, 5.41) is 4.22. The Balaban J connectivity index is 1.15. The number of aryl methyl sites for hydroxylation is 1. The van der Waals surface area contributed by atoms with Gasteiger partial charge in [-0.05, 0) is 81.8 Å². The maximum atomic E-state index is 2.59. The van der Waals surface area contributed by atoms with E-state index in [9.17, 15) is 0 Å². The third-order valence-electron chi connectivity index (χ3n) is 12.1. The molecule has 0 saturated heterocycles. The molecule has 0 bridgehead atoms. The molecule has 0 amide bonds. The van der Waals surface area contributed by atoms with Crippen LogP contribution in [0.1, 0.15) is 5.56 Å². The van der Waals surface area contributed by atoms with E-state index in [1.54, 1.807) is 0 Å². The number of hydrogen-bond acceptors (Lipinski definition) is 3. The molecule has 2 heterocycles. The van der Waals surface area contributed by atoms with Crippen molar-refractivity contribution >= 4 is 88.0 Å². The third-order valence-corrected chi connectivity index (χ3v) is 17.6. The van der Waals surface area contributed by atoms with Crippen LogP contribution in [0.2, 0.25) is 0 Å². The van der Waals surface area contributed by atoms with Crippen LogP contribution < -0.4 is 36.8 Å². The van der Waals surface area contributed by atoms with Gasteiger partial charge in [0.1, 0.15) is 8.80 Å². The molecule has 0 radical (unpaired) electrons. The molecule has 284 valence electrons. The van der Waals surface area contributed by atoms with E-state index in [0.717, 1.165) is 0 Å². The molecule has 9 aromatic rings. The predicted octanol–water partition coefficient (Wildman–Crippen LogP) is 10.5. The lowest BCUT2D eigenvalue weighted by Gasteiger charge is -2.37. The molecule has 1 nitrogen and oxygen atoms in total. The number of benzene rings is 9. The van der Waals surface area contributed by atoms with Gasteiger partial charge in [0, 0.05) is 31.0 Å². The van der Waals surface area contributed by atoms with Gasteiger partial charge < -0.3 is 4.90 Å². The minimum absolute atomic E-state index is 0.0989. The maximum Gasteiger partial charge on any atom is 0.247 e. The Bertz CT molecular complexity index is 2970. The van der Waals surface area contributed by atoms with Crippen molar-refractivity contribution in [2.75, 3.05) is 4.90 Å². The van der Waals surface area contributed by atoms with Crippen LogP contribution in [0, 0.1) is 6.92 Å². The monoisotopic (exact) mass is 817 g/mol. The van der Waals surface area contributed by atoms with Crippen LogP contribution in [0.5, 0.6) is 0 Å². The van der Waals surface area contributed by atoms with Crippen molar-refractivity contribution in [3.63, 3.8) is 0 Å². The largest absolute Gasteiger partial charge is 0.309 e. The van der Waals surface area contributed by atoms with Gasteiger partial charge in [0.2, 0.25) is 6.71 Å². The molecule has 5 heteroatoms. The Labute approximate surface area is 363 Å². The van der Waals surface area contributed by atoms with Gasteiger partial charge in [0.15, 0.2) is 0 Å². The molecule has 0 aromatic heterocycles. The first-order valence-electron chi connectivity index (χ1n) is 20.7. The average molecular weight is 818 g/mol. The van der Waals surface area contributed by atoms with Gasteiger partial charge in [0.25, 0.3) is 0 Å². The van der Waals surface area contributed by atoms with Crippen molar-refractivity contribution in [2.45, 2.75) is 26.5 Å². The Kier molecular flexibility index (Phi) is 9.66. The Morgan fingerprint density at radius 2 is 0.933 bits per heavy atom. The molecule has 9 aromatic carbocycles. The number of hydrogen-bond donors (Lipinski definition) is 0. The molecule has 2 aliphatic heterocycles. The fourth-order valence-corrected chi connectivity index (χ4v) is 15.0. The first-order chi connectivity index (χ1) is 29.7. The maximum absolute atomic E-state index is 2.59. The highest BCUT2D eigenvalue weighted by atomic mass is 32.2. The summed E-state index contributed by atoms with van der Waals surface area (Å²) in [5.74, 6) is 0. The van der Waals surface area contributed by atoms with Crippen LogP contribution in [0.3, 0.4) is 0 Å². The van der Waals surface area contributed by atoms with E-state index in [1.807, 2.05) is 23.5 Å². The van der Waals surface area contributed by atoms with E-state index < -0.39 is 8.80 Å². The Morgan fingerprint density at radius 1 is 0.400 bits per heavy atom. The van der Waals surface area contributed by atoms with Crippen molar-refractivity contribution in [3.8, 4) is 22.3 Å². The summed E-state index contributed by atoms with van der Waals surface area (Å²) in [5.41, 5.74) is 14.1. The van der Waals surface area contributed by atoms with Gasteiger partial charge in [-0.3, -0.25) is 0 Å². The van der Waals surface area contributed by atoms with E-state index in [1.165, 1.54) is 96.4 Å². The second-order valence-electron chi connectivity index (χ2n) is 15.6. The SMILES string of the molecule is Cc1ccccc1N(c1ccccc1[SiH](c1ccccc1)c1ccccc1)c1cccc2c1Sc1cc(-c3ccccc3)cc3c1B2c1ccc(-c2ccccc2)cc1S3. The topological polar surface area (TPSA) is 3.24 Å². The molecule has 0 saturated carbocycles. The number of rotatable bonds is 8. The zero-order valence-electron chi connectivity index (χ0n) is 33.2. The lowest BCUT2D eigenvalue weighted by atomic mass is 9.36. The predicted molar refractivity (Wildman–Crippen MR) is 261 cm³/mol. The third kappa shape index (κ3) is 6.54. The summed E-state index contributed by atoms with van der Waals surface area (Å²) in [6, 6.07) is 81.3. The average Bonchev–Trinajstić information content (AvgIpc) is 3.31. The van der Waals surface area contributed by atoms with Crippen LogP contribution in [-0.2, 0) is 0 Å². The number of anilines is 3. The second kappa shape index (κ2) is 15.7. The lowest BCUT2D eigenvalue weighted by Crippen LogP contribution is -2.58. The molecule has 0 spiro atoms. The van der Waals surface area contributed by atoms with Crippen molar-refractivity contribution in [2.24, 2.45) is 0 Å². The van der Waals surface area contributed by atoms with Gasteiger partial charge in [-0.2, -0.15) is 0 Å². The molecular weight excluding hydrogens is 778 g/mol. The van der Waals surface area contributed by atoms with Gasteiger partial charge >= 0.3 is 0 Å². The summed E-state index contributed by atoms with van der Waals surface area (Å²) >= 11 is 3.88. The zero-order valence-corrected chi connectivity index (χ0v) is 36.0. The van der Waals surface area contributed by atoms with Crippen LogP contribution in [0.25, 0.3) is 22.3 Å². The molecule has 2 aliphatic rings. The van der Waals surface area contributed by atoms with Crippen molar-refractivity contribution in [1.29, 1.82) is 0 Å². The molecule has 0 unspecified atom stereocenters. The smallest absolute Gasteiger partial charge is 0.247 e. The molecule has 0 fully saturated rings. The highest BCUT2D eigenvalue weighted by Crippen LogP contribution is 2.47. The summed E-state index contributed by atoms with van der Waals surface area (Å²) in [6.45, 7) is 2.35. The molecule has 0 atom stereocenters. The molecule has 0 aliphatic carbocycles. The van der Waals surface area contributed by atoms with E-state index in [2.05, 4.69) is 230 Å². The quantitative estimate of drug-likeness (QED) is 0.111. The first-order valence-corrected chi connectivity index (χ1v) is 24.0. The normalized spacial score (nSPS) is 12.4. The minimum atomic E-state index is -1.94. The van der Waals surface area contributed by atoms with E-state index >= 15 is 0 Å². The highest BCUT2D eigenvalue weighted by molar-refractivity contribution is 8.01. The summed E-state index contributed by atoms with van der Waals surface area (Å²) in [4.78, 5) is 7.91. The second-order valence-corrected chi connectivity index (χ2v) is 20.6. The van der Waals surface area contributed by atoms with Crippen LogP contribution in [0.4, 0.5) is 17.1 Å². The van der Waals surface area contributed by atoms with Gasteiger partial charge in [-0.1, -0.05) is 227 Å². The molecule has 0 N–H and O–H groups in total. The highest BCUT2D eigenvalue weighted by Gasteiger charge is 2.40. The number of para-hydroxylation sites is 2. The van der Waals surface area contributed by atoms with Crippen LogP contribution in [-0.4, -0.2) is 15.5 Å². The van der Waals surface area contributed by atoms with Crippen LogP contribution >= 0.6 is 23.5 Å². The summed E-state index contributed by atoms with van der Waals surface area (Å²) < 4.78 is 0. The van der Waals surface area contributed by atoms with E-state index in [0.29, 0.717) is 0 Å². The van der Waals surface area contributed by atoms with Gasteiger partial charge in [-0.15, -0.1) is 0 Å². The summed E-state index contributed by atoms with van der Waals surface area (Å²) in [6.07, 6.45) is 0.